The van der Waals surface area contributed by atoms with E-state index in [1.165, 1.54) is 6.07 Å². The van der Waals surface area contributed by atoms with E-state index < -0.39 is 0 Å². The first-order valence-electron chi connectivity index (χ1n) is 6.08. The Morgan fingerprint density at radius 1 is 1.47 bits per heavy atom. The molecular formula is C13H16BrFN4. The second kappa shape index (κ2) is 5.61. The van der Waals surface area contributed by atoms with E-state index in [0.717, 1.165) is 30.2 Å². The number of rotatable bonds is 4. The van der Waals surface area contributed by atoms with Crippen LogP contribution in [0.2, 0.25) is 0 Å². The number of hydrogen-bond donors (Lipinski definition) is 2. The molecule has 2 rings (SSSR count). The minimum Gasteiger partial charge on any atom is -0.394 e. The Balaban J connectivity index is 2.34. The van der Waals surface area contributed by atoms with Gasteiger partial charge >= 0.3 is 0 Å². The lowest BCUT2D eigenvalue weighted by Crippen LogP contribution is -2.05. The molecule has 1 aromatic carbocycles. The van der Waals surface area contributed by atoms with E-state index >= 15 is 0 Å². The third kappa shape index (κ3) is 2.89. The Kier molecular flexibility index (Phi) is 4.09. The van der Waals surface area contributed by atoms with Crippen molar-refractivity contribution in [1.82, 2.24) is 9.78 Å². The largest absolute Gasteiger partial charge is 0.394 e. The molecule has 6 heteroatoms. The highest BCUT2D eigenvalue weighted by Gasteiger charge is 2.12. The molecule has 4 nitrogen and oxygen atoms in total. The number of aromatic nitrogens is 2. The first-order valence-corrected chi connectivity index (χ1v) is 6.87. The van der Waals surface area contributed by atoms with E-state index in [1.54, 1.807) is 12.1 Å². The van der Waals surface area contributed by atoms with E-state index in [4.69, 9.17) is 5.73 Å². The molecule has 0 aliphatic carbocycles. The molecule has 0 radical (unpaired) electrons. The summed E-state index contributed by atoms with van der Waals surface area (Å²) in [4.78, 5) is 0. The van der Waals surface area contributed by atoms with Crippen LogP contribution >= 0.6 is 15.9 Å². The number of nitrogens with two attached hydrogens (primary N) is 1. The molecule has 2 aromatic rings. The zero-order chi connectivity index (χ0) is 14.0. The molecule has 0 aliphatic heterocycles. The van der Waals surface area contributed by atoms with Crippen LogP contribution in [0, 0.1) is 12.7 Å². The van der Waals surface area contributed by atoms with E-state index in [9.17, 15) is 4.39 Å². The normalized spacial score (nSPS) is 10.7. The number of nitrogens with one attached hydrogen (secondary N) is 1. The van der Waals surface area contributed by atoms with Gasteiger partial charge in [-0.05, 0) is 47.5 Å². The molecule has 3 N–H and O–H groups in total. The Morgan fingerprint density at radius 2 is 2.21 bits per heavy atom. The lowest BCUT2D eigenvalue weighted by molar-refractivity contribution is 0.605. The molecule has 0 bridgehead atoms. The van der Waals surface area contributed by atoms with E-state index in [-0.39, 0.29) is 5.82 Å². The molecule has 102 valence electrons. The van der Waals surface area contributed by atoms with Crippen molar-refractivity contribution in [2.24, 2.45) is 0 Å². The van der Waals surface area contributed by atoms with Crippen molar-refractivity contribution in [3.63, 3.8) is 0 Å². The lowest BCUT2D eigenvalue weighted by Gasteiger charge is -2.10. The van der Waals surface area contributed by atoms with Crippen molar-refractivity contribution in [3.05, 3.63) is 34.2 Å². The Morgan fingerprint density at radius 3 is 2.84 bits per heavy atom. The smallest absolute Gasteiger partial charge is 0.152 e. The molecule has 1 heterocycles. The number of hydrogen-bond acceptors (Lipinski definition) is 3. The summed E-state index contributed by atoms with van der Waals surface area (Å²) in [5, 5.41) is 7.57. The van der Waals surface area contributed by atoms with E-state index in [1.807, 2.05) is 11.6 Å². The molecule has 0 saturated carbocycles. The minimum absolute atomic E-state index is 0.295. The zero-order valence-electron chi connectivity index (χ0n) is 10.9. The van der Waals surface area contributed by atoms with Crippen molar-refractivity contribution < 1.29 is 4.39 Å². The van der Waals surface area contributed by atoms with Crippen LogP contribution in [-0.4, -0.2) is 9.78 Å². The number of halogens is 2. The van der Waals surface area contributed by atoms with Crippen LogP contribution < -0.4 is 11.1 Å². The number of nitrogen functional groups attached to an aromatic ring is 1. The second-order valence-electron chi connectivity index (χ2n) is 4.32. The molecule has 0 spiro atoms. The first-order chi connectivity index (χ1) is 9.02. The van der Waals surface area contributed by atoms with Gasteiger partial charge < -0.3 is 11.1 Å². The molecule has 0 unspecified atom stereocenters. The van der Waals surface area contributed by atoms with Gasteiger partial charge in [0.05, 0.1) is 15.9 Å². The summed E-state index contributed by atoms with van der Waals surface area (Å²) in [6.45, 7) is 4.72. The maximum absolute atomic E-state index is 13.2. The fourth-order valence-corrected chi connectivity index (χ4v) is 2.19. The molecule has 19 heavy (non-hydrogen) atoms. The van der Waals surface area contributed by atoms with Crippen LogP contribution in [-0.2, 0) is 6.54 Å². The second-order valence-corrected chi connectivity index (χ2v) is 5.18. The summed E-state index contributed by atoms with van der Waals surface area (Å²) in [5.74, 6) is 0.453. The summed E-state index contributed by atoms with van der Waals surface area (Å²) < 4.78 is 15.5. The maximum Gasteiger partial charge on any atom is 0.152 e. The fourth-order valence-electron chi connectivity index (χ4n) is 1.81. The molecule has 0 atom stereocenters. The topological polar surface area (TPSA) is 55.9 Å². The van der Waals surface area contributed by atoms with Crippen molar-refractivity contribution in [3.8, 4) is 0 Å². The van der Waals surface area contributed by atoms with Gasteiger partial charge in [0.2, 0.25) is 0 Å². The van der Waals surface area contributed by atoms with Crippen LogP contribution in [0.5, 0.6) is 0 Å². The van der Waals surface area contributed by atoms with Gasteiger partial charge in [0.1, 0.15) is 5.82 Å². The zero-order valence-corrected chi connectivity index (χ0v) is 12.5. The van der Waals surface area contributed by atoms with Crippen LogP contribution in [0.3, 0.4) is 0 Å². The molecule has 0 amide bonds. The van der Waals surface area contributed by atoms with Gasteiger partial charge in [-0.15, -0.1) is 0 Å². The summed E-state index contributed by atoms with van der Waals surface area (Å²) in [7, 11) is 0. The van der Waals surface area contributed by atoms with Gasteiger partial charge in [-0.3, -0.25) is 0 Å². The monoisotopic (exact) mass is 326 g/mol. The average Bonchev–Trinajstić information content (AvgIpc) is 2.62. The first kappa shape index (κ1) is 13.9. The Labute approximate surface area is 119 Å². The summed E-state index contributed by atoms with van der Waals surface area (Å²) in [6, 6.07) is 4.74. The quantitative estimate of drug-likeness (QED) is 0.897. The van der Waals surface area contributed by atoms with Crippen LogP contribution in [0.1, 0.15) is 19.0 Å². The minimum atomic E-state index is -0.295. The van der Waals surface area contributed by atoms with Crippen molar-refractivity contribution in [1.29, 1.82) is 0 Å². The van der Waals surface area contributed by atoms with Crippen LogP contribution in [0.4, 0.5) is 21.6 Å². The predicted octanol–water partition coefficient (Wildman–Crippen LogP) is 3.83. The van der Waals surface area contributed by atoms with Gasteiger partial charge in [0.25, 0.3) is 0 Å². The lowest BCUT2D eigenvalue weighted by atomic mass is 10.3. The third-order valence-corrected chi connectivity index (χ3v) is 3.40. The molecule has 0 fully saturated rings. The van der Waals surface area contributed by atoms with E-state index in [2.05, 4.69) is 33.3 Å². The highest BCUT2D eigenvalue weighted by atomic mass is 79.9. The van der Waals surface area contributed by atoms with Crippen LogP contribution in [0.15, 0.2) is 22.7 Å². The average molecular weight is 327 g/mol. The van der Waals surface area contributed by atoms with Crippen molar-refractivity contribution >= 4 is 33.1 Å². The third-order valence-electron chi connectivity index (χ3n) is 2.79. The molecule has 1 aromatic heterocycles. The highest BCUT2D eigenvalue weighted by Crippen LogP contribution is 2.28. The van der Waals surface area contributed by atoms with Crippen molar-refractivity contribution in [2.75, 3.05) is 11.1 Å². The predicted molar refractivity (Wildman–Crippen MR) is 79.1 cm³/mol. The standard InChI is InChI=1S/C13H16BrFN4/c1-3-6-19-13(12(16)8(2)18-19)17-9-4-5-11(15)10(14)7-9/h4-5,7,17H,3,6,16H2,1-2H3. The van der Waals surface area contributed by atoms with Gasteiger partial charge in [0, 0.05) is 12.2 Å². The number of anilines is 3. The molecule has 0 aliphatic rings. The molecular weight excluding hydrogens is 311 g/mol. The van der Waals surface area contributed by atoms with Crippen LogP contribution in [0.25, 0.3) is 0 Å². The maximum atomic E-state index is 13.2. The Hall–Kier alpha value is -1.56. The van der Waals surface area contributed by atoms with Crippen molar-refractivity contribution in [2.45, 2.75) is 26.8 Å². The van der Waals surface area contributed by atoms with Gasteiger partial charge in [-0.1, -0.05) is 6.92 Å². The van der Waals surface area contributed by atoms with Gasteiger partial charge in [-0.25, -0.2) is 9.07 Å². The SMILES string of the molecule is CCCn1nc(C)c(N)c1Nc1ccc(F)c(Br)c1. The number of aryl methyl sites for hydroxylation is 2. The summed E-state index contributed by atoms with van der Waals surface area (Å²) in [5.41, 5.74) is 8.19. The number of benzene rings is 1. The summed E-state index contributed by atoms with van der Waals surface area (Å²) >= 11 is 3.16. The Bertz CT molecular complexity index is 595. The van der Waals surface area contributed by atoms with Gasteiger partial charge in [0.15, 0.2) is 5.82 Å². The van der Waals surface area contributed by atoms with E-state index in [0.29, 0.717) is 10.2 Å². The highest BCUT2D eigenvalue weighted by molar-refractivity contribution is 9.10. The number of nitrogens with zero attached hydrogens (tertiary/aromatic N) is 2. The van der Waals surface area contributed by atoms with Gasteiger partial charge in [-0.2, -0.15) is 5.10 Å². The molecule has 0 saturated heterocycles. The summed E-state index contributed by atoms with van der Waals surface area (Å²) in [6.07, 6.45) is 0.961. The fraction of sp³-hybridized carbons (Fsp3) is 0.308.